The van der Waals surface area contributed by atoms with E-state index < -0.39 is 21.9 Å². The Kier molecular flexibility index (Phi) is 7.53. The standard InChI is InChI=1S/C19H22N2O6S/c1-14(2)27-19(23)13-20-18(22)10-7-15-5-8-17(9-6-15)28(24,25)21-12-16-4-3-11-26-16/h3-11,14,21H,12-13H2,1-2H3,(H,20,22)/b10-7+. The highest BCUT2D eigenvalue weighted by Gasteiger charge is 2.14. The summed E-state index contributed by atoms with van der Waals surface area (Å²) in [6, 6.07) is 9.35. The number of nitrogens with one attached hydrogen (secondary N) is 2. The van der Waals surface area contributed by atoms with Gasteiger partial charge in [-0.25, -0.2) is 13.1 Å². The van der Waals surface area contributed by atoms with E-state index in [2.05, 4.69) is 10.0 Å². The Hall–Kier alpha value is -2.91. The molecule has 1 heterocycles. The van der Waals surface area contributed by atoms with Gasteiger partial charge in [-0.1, -0.05) is 12.1 Å². The third kappa shape index (κ3) is 7.01. The van der Waals surface area contributed by atoms with Gasteiger partial charge in [0, 0.05) is 6.08 Å². The molecule has 0 spiro atoms. The van der Waals surface area contributed by atoms with Crippen LogP contribution in [0.5, 0.6) is 0 Å². The first kappa shape index (κ1) is 21.4. The van der Waals surface area contributed by atoms with Gasteiger partial charge in [0.15, 0.2) is 0 Å². The van der Waals surface area contributed by atoms with Gasteiger partial charge in [-0.2, -0.15) is 0 Å². The molecule has 9 heteroatoms. The zero-order valence-corrected chi connectivity index (χ0v) is 16.4. The lowest BCUT2D eigenvalue weighted by molar-refractivity contribution is -0.147. The summed E-state index contributed by atoms with van der Waals surface area (Å²) >= 11 is 0. The highest BCUT2D eigenvalue weighted by atomic mass is 32.2. The molecule has 0 saturated heterocycles. The second-order valence-electron chi connectivity index (χ2n) is 6.06. The molecule has 2 rings (SSSR count). The van der Waals surface area contributed by atoms with Crippen LogP contribution in [0.3, 0.4) is 0 Å². The predicted molar refractivity (Wildman–Crippen MR) is 102 cm³/mol. The summed E-state index contributed by atoms with van der Waals surface area (Å²) in [7, 11) is -3.68. The maximum Gasteiger partial charge on any atom is 0.325 e. The number of carbonyl (C=O) groups excluding carboxylic acids is 2. The number of sulfonamides is 1. The van der Waals surface area contributed by atoms with E-state index in [9.17, 15) is 18.0 Å². The van der Waals surface area contributed by atoms with Gasteiger partial charge in [-0.05, 0) is 49.8 Å². The van der Waals surface area contributed by atoms with E-state index in [1.807, 2.05) is 0 Å². The summed E-state index contributed by atoms with van der Waals surface area (Å²) in [5.74, 6) is -0.475. The normalized spacial score (nSPS) is 11.7. The van der Waals surface area contributed by atoms with Crippen LogP contribution in [0.15, 0.2) is 58.1 Å². The molecule has 0 aliphatic carbocycles. The average molecular weight is 406 g/mol. The molecule has 2 aromatic rings. The minimum Gasteiger partial charge on any atom is -0.468 e. The molecular formula is C19H22N2O6S. The highest BCUT2D eigenvalue weighted by molar-refractivity contribution is 7.89. The van der Waals surface area contributed by atoms with Gasteiger partial charge in [-0.3, -0.25) is 9.59 Å². The van der Waals surface area contributed by atoms with Gasteiger partial charge in [0.25, 0.3) is 0 Å². The SMILES string of the molecule is CC(C)OC(=O)CNC(=O)/C=C/c1ccc(S(=O)(=O)NCc2ccco2)cc1. The van der Waals surface area contributed by atoms with Gasteiger partial charge in [0.05, 0.1) is 23.8 Å². The molecule has 2 N–H and O–H groups in total. The molecule has 0 fully saturated rings. The highest BCUT2D eigenvalue weighted by Crippen LogP contribution is 2.12. The molecule has 0 aliphatic heterocycles. The van der Waals surface area contributed by atoms with Crippen LogP contribution in [0, 0.1) is 0 Å². The molecule has 1 amide bonds. The van der Waals surface area contributed by atoms with E-state index in [0.29, 0.717) is 11.3 Å². The first-order valence-corrected chi connectivity index (χ1v) is 10.0. The molecule has 0 aliphatic rings. The van der Waals surface area contributed by atoms with Crippen LogP contribution in [0.25, 0.3) is 6.08 Å². The molecule has 0 unspecified atom stereocenters. The van der Waals surface area contributed by atoms with Crippen molar-refractivity contribution in [3.8, 4) is 0 Å². The van der Waals surface area contributed by atoms with E-state index in [0.717, 1.165) is 0 Å². The van der Waals surface area contributed by atoms with Crippen LogP contribution in [0.2, 0.25) is 0 Å². The second kappa shape index (κ2) is 9.86. The number of rotatable bonds is 9. The Morgan fingerprint density at radius 1 is 1.18 bits per heavy atom. The molecule has 0 bridgehead atoms. The zero-order valence-electron chi connectivity index (χ0n) is 15.5. The van der Waals surface area contributed by atoms with E-state index in [1.54, 1.807) is 38.1 Å². The van der Waals surface area contributed by atoms with Gasteiger partial charge in [0.2, 0.25) is 15.9 Å². The third-order valence-electron chi connectivity index (χ3n) is 3.41. The average Bonchev–Trinajstić information content (AvgIpc) is 3.17. The Balaban J connectivity index is 1.88. The molecule has 0 radical (unpaired) electrons. The molecule has 0 atom stereocenters. The fraction of sp³-hybridized carbons (Fsp3) is 0.263. The first-order chi connectivity index (χ1) is 13.3. The summed E-state index contributed by atoms with van der Waals surface area (Å²) in [6.07, 6.45) is 3.98. The van der Waals surface area contributed by atoms with Gasteiger partial charge < -0.3 is 14.5 Å². The Bertz CT molecular complexity index is 916. The molecule has 28 heavy (non-hydrogen) atoms. The van der Waals surface area contributed by atoms with Crippen molar-refractivity contribution in [1.82, 2.24) is 10.0 Å². The van der Waals surface area contributed by atoms with E-state index in [4.69, 9.17) is 9.15 Å². The lowest BCUT2D eigenvalue weighted by Crippen LogP contribution is -2.30. The van der Waals surface area contributed by atoms with Crippen LogP contribution in [-0.4, -0.2) is 32.9 Å². The van der Waals surface area contributed by atoms with Crippen molar-refractivity contribution in [3.05, 3.63) is 60.1 Å². The van der Waals surface area contributed by atoms with Crippen LogP contribution >= 0.6 is 0 Å². The molecule has 1 aromatic carbocycles. The lowest BCUT2D eigenvalue weighted by atomic mass is 10.2. The van der Waals surface area contributed by atoms with Crippen molar-refractivity contribution >= 4 is 28.0 Å². The van der Waals surface area contributed by atoms with Crippen LogP contribution in [-0.2, 0) is 30.9 Å². The first-order valence-electron chi connectivity index (χ1n) is 8.54. The molecular weight excluding hydrogens is 384 g/mol. The largest absolute Gasteiger partial charge is 0.468 e. The van der Waals surface area contributed by atoms with E-state index in [1.165, 1.54) is 30.5 Å². The summed E-state index contributed by atoms with van der Waals surface area (Å²) < 4.78 is 36.9. The van der Waals surface area contributed by atoms with Crippen molar-refractivity contribution in [2.24, 2.45) is 0 Å². The molecule has 8 nitrogen and oxygen atoms in total. The van der Waals surface area contributed by atoms with Crippen molar-refractivity contribution in [2.45, 2.75) is 31.4 Å². The predicted octanol–water partition coefficient (Wildman–Crippen LogP) is 1.84. The number of amides is 1. The van der Waals surface area contributed by atoms with Crippen LogP contribution < -0.4 is 10.0 Å². The second-order valence-corrected chi connectivity index (χ2v) is 7.83. The number of ether oxygens (including phenoxy) is 1. The minimum absolute atomic E-state index is 0.0520. The summed E-state index contributed by atoms with van der Waals surface area (Å²) in [5, 5.41) is 2.41. The van der Waals surface area contributed by atoms with Gasteiger partial charge in [0.1, 0.15) is 12.3 Å². The number of furan rings is 1. The number of hydrogen-bond donors (Lipinski definition) is 2. The summed E-state index contributed by atoms with van der Waals surface area (Å²) in [4.78, 5) is 23.2. The van der Waals surface area contributed by atoms with E-state index >= 15 is 0 Å². The molecule has 150 valence electrons. The topological polar surface area (TPSA) is 115 Å². The fourth-order valence-corrected chi connectivity index (χ4v) is 3.11. The summed E-state index contributed by atoms with van der Waals surface area (Å²) in [6.45, 7) is 3.27. The number of benzene rings is 1. The van der Waals surface area contributed by atoms with E-state index in [-0.39, 0.29) is 24.1 Å². The number of hydrogen-bond acceptors (Lipinski definition) is 6. The van der Waals surface area contributed by atoms with Crippen molar-refractivity contribution in [1.29, 1.82) is 0 Å². The smallest absolute Gasteiger partial charge is 0.325 e. The monoisotopic (exact) mass is 406 g/mol. The number of carbonyl (C=O) groups is 2. The van der Waals surface area contributed by atoms with Crippen LogP contribution in [0.1, 0.15) is 25.2 Å². The lowest BCUT2D eigenvalue weighted by Gasteiger charge is -2.07. The minimum atomic E-state index is -3.68. The third-order valence-corrected chi connectivity index (χ3v) is 4.83. The van der Waals surface area contributed by atoms with Gasteiger partial charge in [-0.15, -0.1) is 0 Å². The molecule has 1 aromatic heterocycles. The molecule has 0 saturated carbocycles. The Morgan fingerprint density at radius 3 is 2.50 bits per heavy atom. The Morgan fingerprint density at radius 2 is 1.89 bits per heavy atom. The zero-order chi connectivity index (χ0) is 20.6. The summed E-state index contributed by atoms with van der Waals surface area (Å²) in [5.41, 5.74) is 0.630. The van der Waals surface area contributed by atoms with Crippen molar-refractivity contribution in [3.63, 3.8) is 0 Å². The van der Waals surface area contributed by atoms with Crippen molar-refractivity contribution in [2.75, 3.05) is 6.54 Å². The number of esters is 1. The van der Waals surface area contributed by atoms with Crippen LogP contribution in [0.4, 0.5) is 0 Å². The quantitative estimate of drug-likeness (QED) is 0.485. The maximum atomic E-state index is 12.3. The van der Waals surface area contributed by atoms with Crippen molar-refractivity contribution < 1.29 is 27.2 Å². The fourth-order valence-electron chi connectivity index (χ4n) is 2.12. The maximum absolute atomic E-state index is 12.3. The van der Waals surface area contributed by atoms with Gasteiger partial charge >= 0.3 is 5.97 Å². The Labute approximate surface area is 163 Å².